The molecule has 2 aliphatic rings. The Morgan fingerprint density at radius 1 is 1.16 bits per heavy atom. The average Bonchev–Trinajstić information content (AvgIpc) is 2.45. The van der Waals surface area contributed by atoms with Gasteiger partial charge in [0.2, 0.25) is 0 Å². The van der Waals surface area contributed by atoms with Gasteiger partial charge in [-0.05, 0) is 53.5 Å². The van der Waals surface area contributed by atoms with Crippen LogP contribution in [0.4, 0.5) is 13.2 Å². The molecule has 112 valence electrons. The highest BCUT2D eigenvalue weighted by Crippen LogP contribution is 2.48. The third kappa shape index (κ3) is 3.07. The fourth-order valence-electron chi connectivity index (χ4n) is 3.87. The molecule has 2 aliphatic heterocycles. The van der Waals surface area contributed by atoms with Crippen LogP contribution in [0, 0.1) is 11.8 Å². The van der Waals surface area contributed by atoms with E-state index in [2.05, 4.69) is 5.32 Å². The van der Waals surface area contributed by atoms with Crippen molar-refractivity contribution in [3.05, 3.63) is 0 Å². The summed E-state index contributed by atoms with van der Waals surface area (Å²) in [6.07, 6.45) is -2.63. The van der Waals surface area contributed by atoms with Crippen LogP contribution in [0.5, 0.6) is 0 Å². The lowest BCUT2D eigenvalue weighted by Crippen LogP contribution is -2.55. The minimum absolute atomic E-state index is 0.102. The van der Waals surface area contributed by atoms with E-state index in [1.54, 1.807) is 0 Å². The number of alkyl halides is 3. The fourth-order valence-corrected chi connectivity index (χ4v) is 3.87. The van der Waals surface area contributed by atoms with Gasteiger partial charge in [-0.1, -0.05) is 0 Å². The third-order valence-electron chi connectivity index (χ3n) is 4.50. The number of rotatable bonds is 1. The van der Waals surface area contributed by atoms with E-state index in [4.69, 9.17) is 4.74 Å². The highest BCUT2D eigenvalue weighted by molar-refractivity contribution is 5.03. The molecular weight excluding hydrogens is 255 g/mol. The Morgan fingerprint density at radius 2 is 1.79 bits per heavy atom. The summed E-state index contributed by atoms with van der Waals surface area (Å²) in [7, 11) is 0. The van der Waals surface area contributed by atoms with E-state index in [1.165, 1.54) is 0 Å². The first-order valence-corrected chi connectivity index (χ1v) is 7.03. The zero-order valence-corrected chi connectivity index (χ0v) is 12.1. The molecule has 5 heteroatoms. The van der Waals surface area contributed by atoms with E-state index in [0.717, 1.165) is 0 Å². The van der Waals surface area contributed by atoms with Crippen LogP contribution in [0.1, 0.15) is 47.0 Å². The standard InChI is InChI=1S/C14H24F3NO/c1-12(2)8-10(13(3,4)19-12)11-9(14(15,16)17)6-5-7-18-11/h9-11,18H,5-8H2,1-4H3. The SMILES string of the molecule is CC1(C)CC(C2NCCCC2C(F)(F)F)C(C)(C)O1. The Morgan fingerprint density at radius 3 is 2.26 bits per heavy atom. The van der Waals surface area contributed by atoms with Crippen molar-refractivity contribution in [2.75, 3.05) is 6.54 Å². The maximum absolute atomic E-state index is 13.2. The first-order chi connectivity index (χ1) is 8.53. The largest absolute Gasteiger partial charge is 0.393 e. The van der Waals surface area contributed by atoms with Crippen LogP contribution < -0.4 is 5.32 Å². The summed E-state index contributed by atoms with van der Waals surface area (Å²) >= 11 is 0. The van der Waals surface area contributed by atoms with Crippen LogP contribution in [0.15, 0.2) is 0 Å². The van der Waals surface area contributed by atoms with Gasteiger partial charge < -0.3 is 10.1 Å². The molecule has 3 unspecified atom stereocenters. The van der Waals surface area contributed by atoms with E-state index < -0.39 is 23.7 Å². The summed E-state index contributed by atoms with van der Waals surface area (Å²) in [5.74, 6) is -1.35. The summed E-state index contributed by atoms with van der Waals surface area (Å²) in [5.41, 5.74) is -0.856. The quantitative estimate of drug-likeness (QED) is 0.793. The summed E-state index contributed by atoms with van der Waals surface area (Å²) in [6.45, 7) is 8.41. The molecule has 0 saturated carbocycles. The Balaban J connectivity index is 2.23. The van der Waals surface area contributed by atoms with Crippen molar-refractivity contribution < 1.29 is 17.9 Å². The lowest BCUT2D eigenvalue weighted by molar-refractivity contribution is -0.196. The van der Waals surface area contributed by atoms with Crippen molar-refractivity contribution >= 4 is 0 Å². The summed E-state index contributed by atoms with van der Waals surface area (Å²) in [4.78, 5) is 0. The molecule has 0 amide bonds. The number of halogens is 3. The number of piperidine rings is 1. The summed E-state index contributed by atoms with van der Waals surface area (Å²) in [5, 5.41) is 3.11. The summed E-state index contributed by atoms with van der Waals surface area (Å²) in [6, 6.07) is -0.523. The molecule has 0 aliphatic carbocycles. The Kier molecular flexibility index (Phi) is 3.67. The molecule has 2 rings (SSSR count). The van der Waals surface area contributed by atoms with Gasteiger partial charge in [0.15, 0.2) is 0 Å². The molecule has 2 heterocycles. The average molecular weight is 279 g/mol. The topological polar surface area (TPSA) is 21.3 Å². The molecule has 3 atom stereocenters. The van der Waals surface area contributed by atoms with Gasteiger partial charge in [0.1, 0.15) is 0 Å². The van der Waals surface area contributed by atoms with E-state index >= 15 is 0 Å². The van der Waals surface area contributed by atoms with Gasteiger partial charge in [-0.25, -0.2) is 0 Å². The molecule has 2 fully saturated rings. The minimum atomic E-state index is -4.12. The van der Waals surface area contributed by atoms with Gasteiger partial charge in [-0.3, -0.25) is 0 Å². The lowest BCUT2D eigenvalue weighted by atomic mass is 9.73. The molecule has 0 aromatic carbocycles. The van der Waals surface area contributed by atoms with Gasteiger partial charge in [0, 0.05) is 12.0 Å². The monoisotopic (exact) mass is 279 g/mol. The zero-order valence-electron chi connectivity index (χ0n) is 12.1. The van der Waals surface area contributed by atoms with Gasteiger partial charge in [-0.2, -0.15) is 13.2 Å². The van der Waals surface area contributed by atoms with Crippen LogP contribution in [0.2, 0.25) is 0 Å². The fraction of sp³-hybridized carbons (Fsp3) is 1.00. The first kappa shape index (κ1) is 15.1. The molecule has 0 radical (unpaired) electrons. The van der Waals surface area contributed by atoms with Crippen molar-refractivity contribution in [1.29, 1.82) is 0 Å². The molecular formula is C14H24F3NO. The van der Waals surface area contributed by atoms with Crippen LogP contribution in [0.25, 0.3) is 0 Å². The van der Waals surface area contributed by atoms with E-state index in [9.17, 15) is 13.2 Å². The number of hydrogen-bond donors (Lipinski definition) is 1. The van der Waals surface area contributed by atoms with Crippen molar-refractivity contribution in [3.8, 4) is 0 Å². The smallest absolute Gasteiger partial charge is 0.369 e. The first-order valence-electron chi connectivity index (χ1n) is 7.03. The van der Waals surface area contributed by atoms with Gasteiger partial charge >= 0.3 is 6.18 Å². The van der Waals surface area contributed by atoms with Crippen molar-refractivity contribution in [2.24, 2.45) is 11.8 Å². The lowest BCUT2D eigenvalue weighted by Gasteiger charge is -2.41. The minimum Gasteiger partial charge on any atom is -0.369 e. The number of nitrogens with one attached hydrogen (secondary N) is 1. The molecule has 0 aromatic heterocycles. The van der Waals surface area contributed by atoms with Crippen molar-refractivity contribution in [3.63, 3.8) is 0 Å². The van der Waals surface area contributed by atoms with Crippen LogP contribution >= 0.6 is 0 Å². The molecule has 19 heavy (non-hydrogen) atoms. The molecule has 2 saturated heterocycles. The highest BCUT2D eigenvalue weighted by atomic mass is 19.4. The second kappa shape index (κ2) is 4.62. The van der Waals surface area contributed by atoms with Crippen LogP contribution in [0.3, 0.4) is 0 Å². The van der Waals surface area contributed by atoms with Gasteiger partial charge in [-0.15, -0.1) is 0 Å². The predicted octanol–water partition coefficient (Wildman–Crippen LogP) is 3.51. The summed E-state index contributed by atoms with van der Waals surface area (Å²) < 4.78 is 45.6. The van der Waals surface area contributed by atoms with Gasteiger partial charge in [0.25, 0.3) is 0 Å². The number of hydrogen-bond acceptors (Lipinski definition) is 2. The molecule has 0 aromatic rings. The Labute approximate surface area is 113 Å². The van der Waals surface area contributed by atoms with E-state index in [1.807, 2.05) is 27.7 Å². The Hall–Kier alpha value is -0.290. The predicted molar refractivity (Wildman–Crippen MR) is 67.9 cm³/mol. The third-order valence-corrected chi connectivity index (χ3v) is 4.50. The second-order valence-corrected chi connectivity index (χ2v) is 7.05. The molecule has 2 nitrogen and oxygen atoms in total. The Bertz CT molecular complexity index is 338. The van der Waals surface area contributed by atoms with E-state index in [-0.39, 0.29) is 17.9 Å². The highest BCUT2D eigenvalue weighted by Gasteiger charge is 2.55. The molecule has 0 spiro atoms. The second-order valence-electron chi connectivity index (χ2n) is 7.05. The van der Waals surface area contributed by atoms with Gasteiger partial charge in [0.05, 0.1) is 17.1 Å². The van der Waals surface area contributed by atoms with Crippen LogP contribution in [-0.4, -0.2) is 30.0 Å². The normalized spacial score (nSPS) is 38.4. The molecule has 0 bridgehead atoms. The maximum Gasteiger partial charge on any atom is 0.393 e. The zero-order chi connectivity index (χ0) is 14.5. The van der Waals surface area contributed by atoms with E-state index in [0.29, 0.717) is 19.4 Å². The molecule has 1 N–H and O–H groups in total. The number of ether oxygens (including phenoxy) is 1. The van der Waals surface area contributed by atoms with Crippen LogP contribution in [-0.2, 0) is 4.74 Å². The maximum atomic E-state index is 13.2. The van der Waals surface area contributed by atoms with Crippen molar-refractivity contribution in [1.82, 2.24) is 5.32 Å². The van der Waals surface area contributed by atoms with Crippen molar-refractivity contribution in [2.45, 2.75) is 70.4 Å².